The van der Waals surface area contributed by atoms with Gasteiger partial charge in [-0.2, -0.15) is 13.2 Å². The Morgan fingerprint density at radius 1 is 1.14 bits per heavy atom. The lowest BCUT2D eigenvalue weighted by Crippen LogP contribution is -2.30. The van der Waals surface area contributed by atoms with Crippen LogP contribution in [0.5, 0.6) is 5.75 Å². The SMILES string of the molecule is CN(C)CCOc1cnc(N)c(C#Cc2cc(C(=O)Nc3ccc(CCC4CCN(C)CC4)c(C(F)(F)F)c3)ccc2Cl)c1. The zero-order chi connectivity index (χ0) is 31.9. The number of likely N-dealkylation sites (N-methyl/N-ethyl adjacent to an activating group) is 1. The Morgan fingerprint density at radius 2 is 1.86 bits per heavy atom. The number of rotatable bonds is 9. The normalized spacial score (nSPS) is 14.3. The first-order valence-corrected chi connectivity index (χ1v) is 14.8. The summed E-state index contributed by atoms with van der Waals surface area (Å²) in [6, 6.07) is 10.1. The molecule has 11 heteroatoms. The van der Waals surface area contributed by atoms with Gasteiger partial charge in [0, 0.05) is 29.4 Å². The minimum absolute atomic E-state index is 0.0536. The Morgan fingerprint density at radius 3 is 2.57 bits per heavy atom. The van der Waals surface area contributed by atoms with Gasteiger partial charge in [0.2, 0.25) is 0 Å². The van der Waals surface area contributed by atoms with E-state index < -0.39 is 17.6 Å². The average Bonchev–Trinajstić information content (AvgIpc) is 2.97. The minimum Gasteiger partial charge on any atom is -0.491 e. The van der Waals surface area contributed by atoms with Crippen molar-refractivity contribution < 1.29 is 22.7 Å². The monoisotopic (exact) mass is 627 g/mol. The Hall–Kier alpha value is -3.78. The fraction of sp³-hybridized carbons (Fsp3) is 0.394. The number of pyridine rings is 1. The van der Waals surface area contributed by atoms with Crippen LogP contribution >= 0.6 is 11.6 Å². The smallest absolute Gasteiger partial charge is 0.416 e. The molecular formula is C33H37ClF3N5O2. The molecule has 3 N–H and O–H groups in total. The van der Waals surface area contributed by atoms with E-state index in [2.05, 4.69) is 34.1 Å². The predicted octanol–water partition coefficient (Wildman–Crippen LogP) is 6.20. The zero-order valence-corrected chi connectivity index (χ0v) is 25.9. The number of piperidine rings is 1. The number of amides is 1. The molecule has 0 radical (unpaired) electrons. The Labute approximate surface area is 261 Å². The van der Waals surface area contributed by atoms with Gasteiger partial charge >= 0.3 is 6.18 Å². The lowest BCUT2D eigenvalue weighted by atomic mass is 9.89. The molecule has 1 aliphatic heterocycles. The summed E-state index contributed by atoms with van der Waals surface area (Å²) in [5.41, 5.74) is 6.50. The number of nitrogens with two attached hydrogens (primary N) is 1. The van der Waals surface area contributed by atoms with Gasteiger partial charge < -0.3 is 25.6 Å². The summed E-state index contributed by atoms with van der Waals surface area (Å²) < 4.78 is 47.7. The molecule has 7 nitrogen and oxygen atoms in total. The maximum Gasteiger partial charge on any atom is 0.416 e. The third kappa shape index (κ3) is 9.36. The topological polar surface area (TPSA) is 83.7 Å². The van der Waals surface area contributed by atoms with Crippen LogP contribution in [0.2, 0.25) is 5.02 Å². The van der Waals surface area contributed by atoms with Crippen LogP contribution in [0.15, 0.2) is 48.7 Å². The first-order valence-electron chi connectivity index (χ1n) is 14.4. The van der Waals surface area contributed by atoms with Crippen LogP contribution in [0.25, 0.3) is 0 Å². The summed E-state index contributed by atoms with van der Waals surface area (Å²) in [4.78, 5) is 21.4. The molecule has 1 aromatic heterocycles. The number of carbonyl (C=O) groups is 1. The van der Waals surface area contributed by atoms with Crippen LogP contribution in [-0.2, 0) is 12.6 Å². The number of anilines is 2. The molecule has 234 valence electrons. The fourth-order valence-corrected chi connectivity index (χ4v) is 5.09. The van der Waals surface area contributed by atoms with Gasteiger partial charge in [-0.1, -0.05) is 29.5 Å². The van der Waals surface area contributed by atoms with Crippen LogP contribution in [-0.4, -0.2) is 68.1 Å². The number of aryl methyl sites for hydroxylation is 1. The Balaban J connectivity index is 1.48. The molecule has 0 aliphatic carbocycles. The van der Waals surface area contributed by atoms with Crippen molar-refractivity contribution in [3.63, 3.8) is 0 Å². The molecule has 1 saturated heterocycles. The van der Waals surface area contributed by atoms with Crippen molar-refractivity contribution in [2.24, 2.45) is 5.92 Å². The number of aromatic nitrogens is 1. The minimum atomic E-state index is -4.54. The molecule has 0 spiro atoms. The summed E-state index contributed by atoms with van der Waals surface area (Å²) in [6.07, 6.45) is -0.0184. The van der Waals surface area contributed by atoms with E-state index >= 15 is 0 Å². The first-order chi connectivity index (χ1) is 20.9. The van der Waals surface area contributed by atoms with Crippen LogP contribution in [0.3, 0.4) is 0 Å². The van der Waals surface area contributed by atoms with Gasteiger partial charge in [-0.25, -0.2) is 4.98 Å². The molecule has 1 amide bonds. The van der Waals surface area contributed by atoms with E-state index in [4.69, 9.17) is 22.1 Å². The highest BCUT2D eigenvalue weighted by Gasteiger charge is 2.34. The standard InChI is InChI=1S/C33H37ClF3N5O2/c1-41(2)16-17-44-28-19-25(31(38)39-21-28)7-6-24-18-26(9-11-30(24)34)32(43)40-27-10-8-23(29(20-27)33(35,36)37)5-4-22-12-14-42(3)15-13-22/h8-11,18-22H,4-5,12-17H2,1-3H3,(H2,38,39)(H,40,43). The van der Waals surface area contributed by atoms with Gasteiger partial charge in [0.05, 0.1) is 22.3 Å². The number of ether oxygens (including phenoxy) is 1. The molecule has 4 rings (SSSR count). The van der Waals surface area contributed by atoms with Gasteiger partial charge in [-0.3, -0.25) is 4.79 Å². The van der Waals surface area contributed by atoms with Crippen LogP contribution in [0.4, 0.5) is 24.7 Å². The average molecular weight is 628 g/mol. The van der Waals surface area contributed by atoms with Crippen molar-refractivity contribution in [3.8, 4) is 17.6 Å². The van der Waals surface area contributed by atoms with Crippen LogP contribution in [0, 0.1) is 17.8 Å². The molecule has 2 aromatic carbocycles. The summed E-state index contributed by atoms with van der Waals surface area (Å²) in [6.45, 7) is 3.10. The number of carbonyl (C=O) groups excluding carboxylic acids is 1. The van der Waals surface area contributed by atoms with Crippen molar-refractivity contribution in [1.29, 1.82) is 0 Å². The highest BCUT2D eigenvalue weighted by atomic mass is 35.5. The number of benzene rings is 2. The van der Waals surface area contributed by atoms with Gasteiger partial charge in [0.1, 0.15) is 18.2 Å². The van der Waals surface area contributed by atoms with Gasteiger partial charge in [0.25, 0.3) is 5.91 Å². The largest absolute Gasteiger partial charge is 0.491 e. The van der Waals surface area contributed by atoms with Crippen molar-refractivity contribution in [2.45, 2.75) is 31.9 Å². The molecule has 2 heterocycles. The number of nitrogen functional groups attached to an aromatic ring is 1. The maximum atomic E-state index is 14.0. The van der Waals surface area contributed by atoms with Gasteiger partial charge in [0.15, 0.2) is 0 Å². The highest BCUT2D eigenvalue weighted by Crippen LogP contribution is 2.35. The molecule has 0 bridgehead atoms. The highest BCUT2D eigenvalue weighted by molar-refractivity contribution is 6.32. The summed E-state index contributed by atoms with van der Waals surface area (Å²) >= 11 is 6.34. The van der Waals surface area contributed by atoms with Gasteiger partial charge in [-0.05, 0) is 102 Å². The van der Waals surface area contributed by atoms with E-state index in [0.29, 0.717) is 47.3 Å². The van der Waals surface area contributed by atoms with Crippen molar-refractivity contribution in [3.05, 3.63) is 81.5 Å². The number of hydrogen-bond donors (Lipinski definition) is 2. The summed E-state index contributed by atoms with van der Waals surface area (Å²) in [7, 11) is 5.93. The molecule has 0 saturated carbocycles. The van der Waals surface area contributed by atoms with Crippen LogP contribution < -0.4 is 15.8 Å². The summed E-state index contributed by atoms with van der Waals surface area (Å²) in [5.74, 6) is 6.37. The van der Waals surface area contributed by atoms with Crippen molar-refractivity contribution in [2.75, 3.05) is 58.4 Å². The van der Waals surface area contributed by atoms with Crippen LogP contribution in [0.1, 0.15) is 51.9 Å². The number of nitrogens with zero attached hydrogens (tertiary/aromatic N) is 3. The maximum absolute atomic E-state index is 14.0. The molecule has 0 atom stereocenters. The van der Waals surface area contributed by atoms with Gasteiger partial charge in [-0.15, -0.1) is 0 Å². The molecule has 1 fully saturated rings. The second kappa shape index (κ2) is 14.8. The van der Waals surface area contributed by atoms with Crippen molar-refractivity contribution >= 4 is 29.0 Å². The second-order valence-corrected chi connectivity index (χ2v) is 11.7. The molecule has 0 unspecified atom stereocenters. The number of hydrogen-bond acceptors (Lipinski definition) is 6. The third-order valence-electron chi connectivity index (χ3n) is 7.59. The fourth-order valence-electron chi connectivity index (χ4n) is 4.93. The molecular weight excluding hydrogens is 591 g/mol. The predicted molar refractivity (Wildman–Crippen MR) is 168 cm³/mol. The Kier molecular flexibility index (Phi) is 11.1. The van der Waals surface area contributed by atoms with E-state index in [-0.39, 0.29) is 22.6 Å². The number of likely N-dealkylation sites (tertiary alicyclic amines) is 1. The lowest BCUT2D eigenvalue weighted by molar-refractivity contribution is -0.138. The van der Waals surface area contributed by atoms with E-state index in [1.165, 1.54) is 36.5 Å². The first kappa shape index (κ1) is 33.1. The number of nitrogens with one attached hydrogen (secondary N) is 1. The quantitative estimate of drug-likeness (QED) is 0.275. The lowest BCUT2D eigenvalue weighted by Gasteiger charge is -2.29. The molecule has 44 heavy (non-hydrogen) atoms. The van der Waals surface area contributed by atoms with E-state index in [1.54, 1.807) is 6.07 Å². The Bertz CT molecular complexity index is 1530. The third-order valence-corrected chi connectivity index (χ3v) is 7.92. The molecule has 3 aromatic rings. The number of alkyl halides is 3. The summed E-state index contributed by atoms with van der Waals surface area (Å²) in [5, 5.41) is 2.89. The zero-order valence-electron chi connectivity index (χ0n) is 25.1. The molecule has 1 aliphatic rings. The van der Waals surface area contributed by atoms with E-state index in [9.17, 15) is 18.0 Å². The van der Waals surface area contributed by atoms with E-state index in [1.807, 2.05) is 19.0 Å². The van der Waals surface area contributed by atoms with Crippen molar-refractivity contribution in [1.82, 2.24) is 14.8 Å². The second-order valence-electron chi connectivity index (χ2n) is 11.3. The van der Waals surface area contributed by atoms with E-state index in [0.717, 1.165) is 38.5 Å². The number of halogens is 4.